The van der Waals surface area contributed by atoms with Crippen molar-refractivity contribution in [1.29, 1.82) is 0 Å². The Morgan fingerprint density at radius 2 is 1.81 bits per heavy atom. The van der Waals surface area contributed by atoms with E-state index >= 15 is 0 Å². The zero-order valence-electron chi connectivity index (χ0n) is 17.2. The van der Waals surface area contributed by atoms with Gasteiger partial charge in [-0.3, -0.25) is 4.79 Å². The number of carbonyl (C=O) groups excluding carboxylic acids is 1. The minimum atomic E-state index is -0.224. The Morgan fingerprint density at radius 3 is 2.47 bits per heavy atom. The number of halogens is 3. The summed E-state index contributed by atoms with van der Waals surface area (Å²) < 4.78 is 7.88. The van der Waals surface area contributed by atoms with Crippen molar-refractivity contribution >= 4 is 80.7 Å². The molecule has 0 unspecified atom stereocenters. The third-order valence-electron chi connectivity index (χ3n) is 4.05. The molecule has 2 aromatic carbocycles. The maximum Gasteiger partial charge on any atom is 0.250 e. The van der Waals surface area contributed by atoms with E-state index in [4.69, 9.17) is 16.3 Å². The van der Waals surface area contributed by atoms with Gasteiger partial charge in [-0.2, -0.15) is 5.10 Å². The predicted octanol–water partition coefficient (Wildman–Crippen LogP) is 5.78. The standard InChI is InChI=1S/C22H19ClI2N4O2S/c1-13-7-14(2)28-22(27-13)32-12-20(30)29-26-10-15-8-18(24)21(19(25)9-15)31-11-16-5-3-4-6-17(16)23/h3-10H,11-12H2,1-2H3,(H,29,30)/b26-10-. The molecule has 0 fully saturated rings. The van der Waals surface area contributed by atoms with Crippen molar-refractivity contribution in [2.75, 3.05) is 5.75 Å². The van der Waals surface area contributed by atoms with Crippen LogP contribution in [-0.4, -0.2) is 27.8 Å². The Hall–Kier alpha value is -1.44. The molecule has 0 saturated heterocycles. The van der Waals surface area contributed by atoms with Crippen LogP contribution in [0.25, 0.3) is 0 Å². The van der Waals surface area contributed by atoms with E-state index in [9.17, 15) is 4.79 Å². The van der Waals surface area contributed by atoms with Gasteiger partial charge in [-0.25, -0.2) is 15.4 Å². The summed E-state index contributed by atoms with van der Waals surface area (Å²) in [7, 11) is 0. The fourth-order valence-corrected chi connectivity index (χ4v) is 5.72. The van der Waals surface area contributed by atoms with E-state index in [1.807, 2.05) is 56.3 Å². The van der Waals surface area contributed by atoms with Gasteiger partial charge in [0, 0.05) is 22.0 Å². The molecule has 0 atom stereocenters. The maximum absolute atomic E-state index is 12.1. The van der Waals surface area contributed by atoms with Crippen molar-refractivity contribution in [3.8, 4) is 5.75 Å². The van der Waals surface area contributed by atoms with Crippen LogP contribution in [0.5, 0.6) is 5.75 Å². The minimum Gasteiger partial charge on any atom is -0.487 e. The first-order valence-corrected chi connectivity index (χ1v) is 13.0. The largest absolute Gasteiger partial charge is 0.487 e. The van der Waals surface area contributed by atoms with Crippen molar-refractivity contribution in [3.63, 3.8) is 0 Å². The zero-order valence-corrected chi connectivity index (χ0v) is 23.1. The molecular formula is C22H19ClI2N4O2S. The van der Waals surface area contributed by atoms with Crippen molar-refractivity contribution in [2.45, 2.75) is 25.6 Å². The average Bonchev–Trinajstić information content (AvgIpc) is 2.72. The lowest BCUT2D eigenvalue weighted by atomic mass is 10.2. The second-order valence-corrected chi connectivity index (χ2v) is 10.4. The van der Waals surface area contributed by atoms with Gasteiger partial charge in [0.25, 0.3) is 5.91 Å². The number of nitrogens with zero attached hydrogens (tertiary/aromatic N) is 3. The first kappa shape index (κ1) is 25.2. The molecule has 1 heterocycles. The van der Waals surface area contributed by atoms with Gasteiger partial charge in [0.1, 0.15) is 12.4 Å². The number of aryl methyl sites for hydroxylation is 2. The number of benzene rings is 2. The van der Waals surface area contributed by atoms with Crippen molar-refractivity contribution in [2.24, 2.45) is 5.10 Å². The van der Waals surface area contributed by atoms with Gasteiger partial charge in [-0.15, -0.1) is 0 Å². The molecule has 1 aromatic heterocycles. The second-order valence-electron chi connectivity index (χ2n) is 6.71. The number of hydrogen-bond acceptors (Lipinski definition) is 6. The van der Waals surface area contributed by atoms with Crippen molar-refractivity contribution in [3.05, 3.63) is 77.1 Å². The average molecular weight is 693 g/mol. The highest BCUT2D eigenvalue weighted by atomic mass is 127. The monoisotopic (exact) mass is 692 g/mol. The number of rotatable bonds is 8. The van der Waals surface area contributed by atoms with E-state index in [1.54, 1.807) is 6.21 Å². The van der Waals surface area contributed by atoms with Crippen LogP contribution in [-0.2, 0) is 11.4 Å². The lowest BCUT2D eigenvalue weighted by Crippen LogP contribution is -2.19. The van der Waals surface area contributed by atoms with Gasteiger partial charge >= 0.3 is 0 Å². The minimum absolute atomic E-state index is 0.185. The van der Waals surface area contributed by atoms with Gasteiger partial charge in [-0.05, 0) is 88.9 Å². The number of thioether (sulfide) groups is 1. The highest BCUT2D eigenvalue weighted by Crippen LogP contribution is 2.30. The van der Waals surface area contributed by atoms with Gasteiger partial charge in [0.15, 0.2) is 5.16 Å². The van der Waals surface area contributed by atoms with E-state index < -0.39 is 0 Å². The van der Waals surface area contributed by atoms with Crippen LogP contribution in [0.3, 0.4) is 0 Å². The highest BCUT2D eigenvalue weighted by molar-refractivity contribution is 14.1. The number of hydrogen-bond donors (Lipinski definition) is 1. The SMILES string of the molecule is Cc1cc(C)nc(SCC(=O)N/N=C\c2cc(I)c(OCc3ccccc3Cl)c(I)c2)n1. The van der Waals surface area contributed by atoms with Crippen LogP contribution in [0.1, 0.15) is 22.5 Å². The van der Waals surface area contributed by atoms with E-state index in [2.05, 4.69) is 65.7 Å². The Morgan fingerprint density at radius 1 is 1.16 bits per heavy atom. The number of aromatic nitrogens is 2. The molecule has 0 bridgehead atoms. The van der Waals surface area contributed by atoms with Crippen molar-refractivity contribution in [1.82, 2.24) is 15.4 Å². The Balaban J connectivity index is 1.55. The molecule has 0 aliphatic rings. The second kappa shape index (κ2) is 12.1. The van der Waals surface area contributed by atoms with Gasteiger partial charge in [0.05, 0.1) is 19.1 Å². The summed E-state index contributed by atoms with van der Waals surface area (Å²) in [6.45, 7) is 4.19. The molecule has 3 rings (SSSR count). The Labute approximate surface area is 223 Å². The molecule has 0 radical (unpaired) electrons. The summed E-state index contributed by atoms with van der Waals surface area (Å²) in [5.41, 5.74) is 6.08. The number of hydrazone groups is 1. The lowest BCUT2D eigenvalue weighted by Gasteiger charge is -2.12. The third-order valence-corrected chi connectivity index (χ3v) is 6.87. The molecule has 0 aliphatic heterocycles. The summed E-state index contributed by atoms with van der Waals surface area (Å²) in [5.74, 6) is 0.750. The van der Waals surface area contributed by atoms with Crippen LogP contribution in [0.4, 0.5) is 0 Å². The first-order chi connectivity index (χ1) is 15.3. The number of ether oxygens (including phenoxy) is 1. The molecule has 10 heteroatoms. The normalized spacial score (nSPS) is 11.0. The summed E-state index contributed by atoms with van der Waals surface area (Å²) in [6, 6.07) is 13.4. The molecule has 1 N–H and O–H groups in total. The number of carbonyl (C=O) groups is 1. The first-order valence-electron chi connectivity index (χ1n) is 9.44. The molecule has 1 amide bonds. The molecule has 0 aliphatic carbocycles. The third kappa shape index (κ3) is 7.56. The molecule has 166 valence electrons. The van der Waals surface area contributed by atoms with Crippen LogP contribution >= 0.6 is 68.5 Å². The smallest absolute Gasteiger partial charge is 0.250 e. The van der Waals surface area contributed by atoms with E-state index in [-0.39, 0.29) is 11.7 Å². The van der Waals surface area contributed by atoms with E-state index in [0.717, 1.165) is 35.4 Å². The fourth-order valence-electron chi connectivity index (χ4n) is 2.66. The topological polar surface area (TPSA) is 76.5 Å². The van der Waals surface area contributed by atoms with Crippen LogP contribution < -0.4 is 10.2 Å². The van der Waals surface area contributed by atoms with Gasteiger partial charge < -0.3 is 4.74 Å². The van der Waals surface area contributed by atoms with Crippen LogP contribution in [0.15, 0.2) is 52.7 Å². The predicted molar refractivity (Wildman–Crippen MR) is 146 cm³/mol. The number of nitrogens with one attached hydrogen (secondary N) is 1. The van der Waals surface area contributed by atoms with Crippen LogP contribution in [0, 0.1) is 21.0 Å². The molecule has 6 nitrogen and oxygen atoms in total. The highest BCUT2D eigenvalue weighted by Gasteiger charge is 2.10. The summed E-state index contributed by atoms with van der Waals surface area (Å²) in [6.07, 6.45) is 1.61. The maximum atomic E-state index is 12.1. The summed E-state index contributed by atoms with van der Waals surface area (Å²) >= 11 is 11.9. The summed E-state index contributed by atoms with van der Waals surface area (Å²) in [4.78, 5) is 20.7. The summed E-state index contributed by atoms with van der Waals surface area (Å²) in [5, 5.41) is 5.32. The molecule has 0 spiro atoms. The van der Waals surface area contributed by atoms with E-state index in [0.29, 0.717) is 16.8 Å². The zero-order chi connectivity index (χ0) is 23.1. The number of amides is 1. The van der Waals surface area contributed by atoms with E-state index in [1.165, 1.54) is 11.8 Å². The molecule has 3 aromatic rings. The molecular weight excluding hydrogens is 674 g/mol. The fraction of sp³-hybridized carbons (Fsp3) is 0.182. The molecule has 0 saturated carbocycles. The Kier molecular flexibility index (Phi) is 9.56. The lowest BCUT2D eigenvalue weighted by molar-refractivity contribution is -0.118. The molecule has 32 heavy (non-hydrogen) atoms. The van der Waals surface area contributed by atoms with Crippen molar-refractivity contribution < 1.29 is 9.53 Å². The Bertz CT molecular complexity index is 1120. The quantitative estimate of drug-likeness (QED) is 0.107. The van der Waals surface area contributed by atoms with Gasteiger partial charge in [-0.1, -0.05) is 41.6 Å². The van der Waals surface area contributed by atoms with Crippen LogP contribution in [0.2, 0.25) is 5.02 Å². The van der Waals surface area contributed by atoms with Gasteiger partial charge in [0.2, 0.25) is 0 Å².